The lowest BCUT2D eigenvalue weighted by Gasteiger charge is -2.34. The van der Waals surface area contributed by atoms with Crippen molar-refractivity contribution < 1.29 is 9.53 Å². The molecule has 0 aliphatic carbocycles. The van der Waals surface area contributed by atoms with Gasteiger partial charge in [0.25, 0.3) is 0 Å². The Bertz CT molecular complexity index is 412. The highest BCUT2D eigenvalue weighted by Crippen LogP contribution is 2.27. The van der Waals surface area contributed by atoms with Crippen LogP contribution in [0.15, 0.2) is 30.3 Å². The molecule has 1 heterocycles. The van der Waals surface area contributed by atoms with Crippen LogP contribution in [0, 0.1) is 0 Å². The standard InChI is InChI=1S/C18H27NO2/c1-2-3-14-21-18(20)15-17(16-10-6-4-7-11-16)19-12-8-5-9-13-19/h4,6-7,10-11,17H,2-3,5,8-9,12-15H2,1H3/t17-/m0/s1. The zero-order chi connectivity index (χ0) is 14.9. The Morgan fingerprint density at radius 1 is 1.19 bits per heavy atom. The quantitative estimate of drug-likeness (QED) is 0.562. The molecule has 0 unspecified atom stereocenters. The molecule has 3 heteroatoms. The number of hydrogen-bond acceptors (Lipinski definition) is 3. The highest BCUT2D eigenvalue weighted by atomic mass is 16.5. The van der Waals surface area contributed by atoms with Crippen LogP contribution in [0.3, 0.4) is 0 Å². The van der Waals surface area contributed by atoms with Crippen molar-refractivity contribution in [2.45, 2.75) is 51.5 Å². The fraction of sp³-hybridized carbons (Fsp3) is 0.611. The molecule has 1 aliphatic heterocycles. The molecule has 1 aromatic rings. The second-order valence-electron chi connectivity index (χ2n) is 5.80. The van der Waals surface area contributed by atoms with Gasteiger partial charge in [0.15, 0.2) is 0 Å². The van der Waals surface area contributed by atoms with Gasteiger partial charge in [0, 0.05) is 6.04 Å². The summed E-state index contributed by atoms with van der Waals surface area (Å²) >= 11 is 0. The van der Waals surface area contributed by atoms with E-state index < -0.39 is 0 Å². The number of ether oxygens (including phenoxy) is 1. The number of rotatable bonds is 7. The molecule has 3 nitrogen and oxygen atoms in total. The molecule has 0 saturated carbocycles. The van der Waals surface area contributed by atoms with Gasteiger partial charge in [-0.2, -0.15) is 0 Å². The summed E-state index contributed by atoms with van der Waals surface area (Å²) in [4.78, 5) is 14.5. The maximum Gasteiger partial charge on any atom is 0.307 e. The third-order valence-corrected chi connectivity index (χ3v) is 4.14. The van der Waals surface area contributed by atoms with Crippen LogP contribution in [0.25, 0.3) is 0 Å². The first kappa shape index (κ1) is 16.0. The summed E-state index contributed by atoms with van der Waals surface area (Å²) in [6, 6.07) is 10.5. The molecule has 0 N–H and O–H groups in total. The molecule has 1 fully saturated rings. The minimum absolute atomic E-state index is 0.0668. The van der Waals surface area contributed by atoms with E-state index >= 15 is 0 Å². The average molecular weight is 289 g/mol. The Morgan fingerprint density at radius 2 is 1.90 bits per heavy atom. The van der Waals surface area contributed by atoms with Crippen LogP contribution in [-0.4, -0.2) is 30.6 Å². The molecule has 1 atom stereocenters. The Kier molecular flexibility index (Phi) is 6.74. The average Bonchev–Trinajstić information content (AvgIpc) is 2.54. The van der Waals surface area contributed by atoms with Gasteiger partial charge in [-0.15, -0.1) is 0 Å². The topological polar surface area (TPSA) is 29.5 Å². The molecule has 116 valence electrons. The fourth-order valence-electron chi connectivity index (χ4n) is 2.91. The highest BCUT2D eigenvalue weighted by Gasteiger charge is 2.25. The number of carbonyl (C=O) groups is 1. The molecule has 0 spiro atoms. The lowest BCUT2D eigenvalue weighted by molar-refractivity contribution is -0.145. The van der Waals surface area contributed by atoms with Gasteiger partial charge in [-0.25, -0.2) is 0 Å². The predicted octanol–water partition coefficient (Wildman–Crippen LogP) is 3.95. The normalized spacial score (nSPS) is 17.4. The van der Waals surface area contributed by atoms with Gasteiger partial charge in [0.1, 0.15) is 0 Å². The van der Waals surface area contributed by atoms with E-state index in [1.165, 1.54) is 24.8 Å². The van der Waals surface area contributed by atoms with Crippen LogP contribution in [0.5, 0.6) is 0 Å². The van der Waals surface area contributed by atoms with Crippen molar-refractivity contribution in [1.82, 2.24) is 4.90 Å². The zero-order valence-corrected chi connectivity index (χ0v) is 13.1. The van der Waals surface area contributed by atoms with Gasteiger partial charge >= 0.3 is 5.97 Å². The molecular formula is C18H27NO2. The van der Waals surface area contributed by atoms with Crippen LogP contribution >= 0.6 is 0 Å². The maximum atomic E-state index is 12.1. The van der Waals surface area contributed by atoms with E-state index in [0.29, 0.717) is 13.0 Å². The van der Waals surface area contributed by atoms with Crippen molar-refractivity contribution in [2.24, 2.45) is 0 Å². The summed E-state index contributed by atoms with van der Waals surface area (Å²) in [7, 11) is 0. The van der Waals surface area contributed by atoms with E-state index in [0.717, 1.165) is 25.9 Å². The van der Waals surface area contributed by atoms with Crippen molar-refractivity contribution >= 4 is 5.97 Å². The summed E-state index contributed by atoms with van der Waals surface area (Å²) in [5.74, 6) is -0.0668. The van der Waals surface area contributed by atoms with E-state index in [1.54, 1.807) is 0 Å². The van der Waals surface area contributed by atoms with E-state index in [4.69, 9.17) is 4.74 Å². The summed E-state index contributed by atoms with van der Waals surface area (Å²) in [6.07, 6.45) is 6.24. The van der Waals surface area contributed by atoms with Gasteiger partial charge in [0.2, 0.25) is 0 Å². The Morgan fingerprint density at radius 3 is 2.57 bits per heavy atom. The van der Waals surface area contributed by atoms with E-state index in [1.807, 2.05) is 6.07 Å². The van der Waals surface area contributed by atoms with Crippen LogP contribution in [0.2, 0.25) is 0 Å². The lowest BCUT2D eigenvalue weighted by atomic mass is 9.99. The van der Waals surface area contributed by atoms with Gasteiger partial charge < -0.3 is 4.74 Å². The molecule has 2 rings (SSSR count). The number of likely N-dealkylation sites (tertiary alicyclic amines) is 1. The third-order valence-electron chi connectivity index (χ3n) is 4.14. The lowest BCUT2D eigenvalue weighted by Crippen LogP contribution is -2.35. The first-order valence-corrected chi connectivity index (χ1v) is 8.26. The largest absolute Gasteiger partial charge is 0.466 e. The van der Waals surface area contributed by atoms with Crippen molar-refractivity contribution in [1.29, 1.82) is 0 Å². The van der Waals surface area contributed by atoms with Gasteiger partial charge in [0.05, 0.1) is 13.0 Å². The van der Waals surface area contributed by atoms with Crippen molar-refractivity contribution in [3.05, 3.63) is 35.9 Å². The number of carbonyl (C=O) groups excluding carboxylic acids is 1. The molecule has 0 radical (unpaired) electrons. The van der Waals surface area contributed by atoms with Crippen molar-refractivity contribution in [3.63, 3.8) is 0 Å². The Labute approximate surface area is 128 Å². The number of esters is 1. The number of piperidine rings is 1. The first-order valence-electron chi connectivity index (χ1n) is 8.26. The summed E-state index contributed by atoms with van der Waals surface area (Å²) in [5.41, 5.74) is 1.23. The predicted molar refractivity (Wildman–Crippen MR) is 85.1 cm³/mol. The monoisotopic (exact) mass is 289 g/mol. The van der Waals surface area contributed by atoms with Gasteiger partial charge in [-0.3, -0.25) is 9.69 Å². The summed E-state index contributed by atoms with van der Waals surface area (Å²) in [6.45, 7) is 4.83. The Balaban J connectivity index is 1.99. The molecule has 0 aromatic heterocycles. The molecule has 1 aliphatic rings. The van der Waals surface area contributed by atoms with Crippen LogP contribution in [0.4, 0.5) is 0 Å². The van der Waals surface area contributed by atoms with Gasteiger partial charge in [-0.1, -0.05) is 50.1 Å². The van der Waals surface area contributed by atoms with Crippen LogP contribution < -0.4 is 0 Å². The van der Waals surface area contributed by atoms with E-state index in [2.05, 4.69) is 36.1 Å². The highest BCUT2D eigenvalue weighted by molar-refractivity contribution is 5.70. The SMILES string of the molecule is CCCCOC(=O)C[C@@H](c1ccccc1)N1CCCCC1. The number of unbranched alkanes of at least 4 members (excludes halogenated alkanes) is 1. The molecule has 1 aromatic carbocycles. The minimum Gasteiger partial charge on any atom is -0.466 e. The first-order chi connectivity index (χ1) is 10.3. The van der Waals surface area contributed by atoms with Gasteiger partial charge in [-0.05, 0) is 37.9 Å². The molecule has 1 saturated heterocycles. The smallest absolute Gasteiger partial charge is 0.307 e. The zero-order valence-electron chi connectivity index (χ0n) is 13.1. The molecular weight excluding hydrogens is 262 g/mol. The number of hydrogen-bond donors (Lipinski definition) is 0. The number of nitrogens with zero attached hydrogens (tertiary/aromatic N) is 1. The maximum absolute atomic E-state index is 12.1. The minimum atomic E-state index is -0.0668. The second kappa shape index (κ2) is 8.83. The molecule has 0 bridgehead atoms. The summed E-state index contributed by atoms with van der Waals surface area (Å²) < 4.78 is 5.36. The number of benzene rings is 1. The van der Waals surface area contributed by atoms with Crippen molar-refractivity contribution in [3.8, 4) is 0 Å². The van der Waals surface area contributed by atoms with Crippen molar-refractivity contribution in [2.75, 3.05) is 19.7 Å². The second-order valence-corrected chi connectivity index (χ2v) is 5.80. The third kappa shape index (κ3) is 5.16. The van der Waals surface area contributed by atoms with Crippen LogP contribution in [0.1, 0.15) is 57.1 Å². The summed E-state index contributed by atoms with van der Waals surface area (Å²) in [5, 5.41) is 0. The molecule has 0 amide bonds. The van der Waals surface area contributed by atoms with E-state index in [9.17, 15) is 4.79 Å². The van der Waals surface area contributed by atoms with E-state index in [-0.39, 0.29) is 12.0 Å². The molecule has 21 heavy (non-hydrogen) atoms. The fourth-order valence-corrected chi connectivity index (χ4v) is 2.91. The Hall–Kier alpha value is -1.35. The van der Waals surface area contributed by atoms with Crippen LogP contribution in [-0.2, 0) is 9.53 Å².